The SMILES string of the molecule is CCCCCCCC/C=C\CCCCCCCC(=O)OC(COCCN1CCCCC1)C(OC(=O)CCCCCCC/C=C\CCCCCCCC)C(N)=O. The van der Waals surface area contributed by atoms with Crippen molar-refractivity contribution in [3.63, 3.8) is 0 Å². The quantitative estimate of drug-likeness (QED) is 0.0376. The zero-order valence-corrected chi connectivity index (χ0v) is 35.9. The van der Waals surface area contributed by atoms with Crippen LogP contribution in [0.1, 0.15) is 213 Å². The highest BCUT2D eigenvalue weighted by atomic mass is 16.6. The first kappa shape index (κ1) is 50.8. The summed E-state index contributed by atoms with van der Waals surface area (Å²) in [5, 5.41) is 0. The highest BCUT2D eigenvalue weighted by molar-refractivity contribution is 5.83. The van der Waals surface area contributed by atoms with Crippen LogP contribution < -0.4 is 5.73 Å². The second-order valence-corrected chi connectivity index (χ2v) is 16.0. The van der Waals surface area contributed by atoms with E-state index in [1.807, 2.05) is 0 Å². The van der Waals surface area contributed by atoms with E-state index in [9.17, 15) is 14.4 Å². The number of hydrogen-bond donors (Lipinski definition) is 1. The van der Waals surface area contributed by atoms with Crippen molar-refractivity contribution < 1.29 is 28.6 Å². The van der Waals surface area contributed by atoms with Gasteiger partial charge in [-0.3, -0.25) is 14.4 Å². The van der Waals surface area contributed by atoms with Gasteiger partial charge in [-0.2, -0.15) is 0 Å². The largest absolute Gasteiger partial charge is 0.455 e. The van der Waals surface area contributed by atoms with Crippen LogP contribution in [0.25, 0.3) is 0 Å². The van der Waals surface area contributed by atoms with Crippen molar-refractivity contribution in [2.24, 2.45) is 5.73 Å². The first-order valence-corrected chi connectivity index (χ1v) is 23.3. The molecule has 0 aromatic rings. The molecule has 1 amide bonds. The van der Waals surface area contributed by atoms with Crippen molar-refractivity contribution in [3.8, 4) is 0 Å². The Morgan fingerprint density at radius 3 is 1.38 bits per heavy atom. The average molecular weight is 775 g/mol. The van der Waals surface area contributed by atoms with Gasteiger partial charge in [0.1, 0.15) is 0 Å². The minimum absolute atomic E-state index is 0.0414. The molecule has 8 heteroatoms. The molecule has 1 heterocycles. The highest BCUT2D eigenvalue weighted by Crippen LogP contribution is 2.16. The first-order valence-electron chi connectivity index (χ1n) is 23.3. The summed E-state index contributed by atoms with van der Waals surface area (Å²) in [5.74, 6) is -1.73. The lowest BCUT2D eigenvalue weighted by Gasteiger charge is -2.27. The molecule has 1 aliphatic rings. The number of allylic oxidation sites excluding steroid dienone is 4. The van der Waals surface area contributed by atoms with Crippen LogP contribution in [0.4, 0.5) is 0 Å². The van der Waals surface area contributed by atoms with E-state index in [1.54, 1.807) is 0 Å². The maximum absolute atomic E-state index is 12.9. The predicted octanol–water partition coefficient (Wildman–Crippen LogP) is 11.9. The van der Waals surface area contributed by atoms with Crippen molar-refractivity contribution in [1.82, 2.24) is 4.90 Å². The summed E-state index contributed by atoms with van der Waals surface area (Å²) < 4.78 is 17.2. The van der Waals surface area contributed by atoms with E-state index in [2.05, 4.69) is 43.1 Å². The fourth-order valence-electron chi connectivity index (χ4n) is 7.18. The Bertz CT molecular complexity index is 963. The van der Waals surface area contributed by atoms with Gasteiger partial charge in [-0.05, 0) is 90.1 Å². The van der Waals surface area contributed by atoms with Gasteiger partial charge in [-0.25, -0.2) is 0 Å². The fraction of sp³-hybridized carbons (Fsp3) is 0.851. The van der Waals surface area contributed by atoms with Crippen molar-refractivity contribution in [3.05, 3.63) is 24.3 Å². The van der Waals surface area contributed by atoms with Gasteiger partial charge in [0.05, 0.1) is 13.2 Å². The van der Waals surface area contributed by atoms with Crippen LogP contribution in [-0.4, -0.2) is 67.8 Å². The second-order valence-electron chi connectivity index (χ2n) is 16.0. The van der Waals surface area contributed by atoms with Gasteiger partial charge >= 0.3 is 11.9 Å². The van der Waals surface area contributed by atoms with Gasteiger partial charge in [0.15, 0.2) is 6.10 Å². The summed E-state index contributed by atoms with van der Waals surface area (Å²) in [7, 11) is 0. The number of unbranched alkanes of at least 4 members (excludes halogenated alkanes) is 22. The Labute approximate surface area is 338 Å². The Morgan fingerprint density at radius 1 is 0.545 bits per heavy atom. The molecule has 8 nitrogen and oxygen atoms in total. The van der Waals surface area contributed by atoms with Crippen LogP contribution in [0.2, 0.25) is 0 Å². The van der Waals surface area contributed by atoms with Crippen molar-refractivity contribution in [2.45, 2.75) is 225 Å². The number of amides is 1. The molecule has 0 saturated carbocycles. The molecule has 2 unspecified atom stereocenters. The molecule has 0 aromatic carbocycles. The molecule has 2 atom stereocenters. The Kier molecular flexibility index (Phi) is 35.7. The minimum atomic E-state index is -1.37. The zero-order valence-electron chi connectivity index (χ0n) is 35.9. The molecule has 2 N–H and O–H groups in total. The van der Waals surface area contributed by atoms with Crippen LogP contribution in [-0.2, 0) is 28.6 Å². The number of ether oxygens (including phenoxy) is 3. The molecular formula is C47H86N2O6. The highest BCUT2D eigenvalue weighted by Gasteiger charge is 2.34. The van der Waals surface area contributed by atoms with Gasteiger partial charge < -0.3 is 24.8 Å². The number of piperidine rings is 1. The molecule has 0 radical (unpaired) electrons. The summed E-state index contributed by atoms with van der Waals surface area (Å²) in [6, 6.07) is 0. The van der Waals surface area contributed by atoms with Crippen LogP contribution in [0, 0.1) is 0 Å². The molecule has 1 fully saturated rings. The van der Waals surface area contributed by atoms with E-state index in [0.29, 0.717) is 19.4 Å². The second kappa shape index (κ2) is 38.7. The van der Waals surface area contributed by atoms with Crippen LogP contribution >= 0.6 is 0 Å². The van der Waals surface area contributed by atoms with Crippen LogP contribution in [0.15, 0.2) is 24.3 Å². The number of carbonyl (C=O) groups excluding carboxylic acids is 3. The van der Waals surface area contributed by atoms with E-state index in [4.69, 9.17) is 19.9 Å². The number of rotatable bonds is 39. The molecule has 55 heavy (non-hydrogen) atoms. The van der Waals surface area contributed by atoms with Gasteiger partial charge in [-0.1, -0.05) is 147 Å². The lowest BCUT2D eigenvalue weighted by molar-refractivity contribution is -0.176. The fourth-order valence-corrected chi connectivity index (χ4v) is 7.18. The summed E-state index contributed by atoms with van der Waals surface area (Å²) in [4.78, 5) is 40.6. The molecule has 0 aliphatic carbocycles. The topological polar surface area (TPSA) is 108 Å². The monoisotopic (exact) mass is 775 g/mol. The molecule has 1 saturated heterocycles. The number of esters is 2. The normalized spacial score (nSPS) is 14.8. The Morgan fingerprint density at radius 2 is 0.945 bits per heavy atom. The van der Waals surface area contributed by atoms with Gasteiger partial charge in [-0.15, -0.1) is 0 Å². The maximum Gasteiger partial charge on any atom is 0.306 e. The summed E-state index contributed by atoms with van der Waals surface area (Å²) in [5.41, 5.74) is 5.72. The molecule has 1 rings (SSSR count). The Hall–Kier alpha value is -2.19. The van der Waals surface area contributed by atoms with Crippen molar-refractivity contribution in [2.75, 3.05) is 32.8 Å². The number of primary amides is 1. The number of nitrogens with zero attached hydrogens (tertiary/aromatic N) is 1. The zero-order chi connectivity index (χ0) is 39.9. The number of nitrogens with two attached hydrogens (primary N) is 1. The molecule has 0 spiro atoms. The van der Waals surface area contributed by atoms with Gasteiger partial charge in [0, 0.05) is 19.4 Å². The molecule has 0 bridgehead atoms. The van der Waals surface area contributed by atoms with Crippen LogP contribution in [0.5, 0.6) is 0 Å². The summed E-state index contributed by atoms with van der Waals surface area (Å²) in [6.07, 6.45) is 41.5. The van der Waals surface area contributed by atoms with Crippen molar-refractivity contribution >= 4 is 17.8 Å². The maximum atomic E-state index is 12.9. The Balaban J connectivity index is 2.37. The average Bonchev–Trinajstić information content (AvgIpc) is 3.18. The third-order valence-electron chi connectivity index (χ3n) is 10.7. The first-order chi connectivity index (χ1) is 27.0. The predicted molar refractivity (Wildman–Crippen MR) is 229 cm³/mol. The van der Waals surface area contributed by atoms with Gasteiger partial charge in [0.25, 0.3) is 5.91 Å². The summed E-state index contributed by atoms with van der Waals surface area (Å²) >= 11 is 0. The standard InChI is InChI=1S/C47H86N2O6/c1-3-5-7-9-11-13-15-17-19-21-23-25-27-29-32-36-44(50)54-43(42-53-41-40-49-38-34-31-35-39-49)46(47(48)52)55-45(51)37-33-30-28-26-24-22-20-18-16-14-12-10-8-6-4-2/h17-20,43,46H,3-16,21-42H2,1-2H3,(H2,48,52)/b19-17-,20-18-. The lowest BCUT2D eigenvalue weighted by atomic mass is 10.1. The van der Waals surface area contributed by atoms with E-state index in [-0.39, 0.29) is 19.4 Å². The lowest BCUT2D eigenvalue weighted by Crippen LogP contribution is -2.47. The third-order valence-corrected chi connectivity index (χ3v) is 10.7. The molecule has 0 aromatic heterocycles. The van der Waals surface area contributed by atoms with Crippen LogP contribution in [0.3, 0.4) is 0 Å². The minimum Gasteiger partial charge on any atom is -0.455 e. The smallest absolute Gasteiger partial charge is 0.306 e. The van der Waals surface area contributed by atoms with E-state index < -0.39 is 30.1 Å². The van der Waals surface area contributed by atoms with Gasteiger partial charge in [0.2, 0.25) is 6.10 Å². The number of hydrogen-bond acceptors (Lipinski definition) is 7. The van der Waals surface area contributed by atoms with E-state index in [0.717, 1.165) is 83.8 Å². The number of likely N-dealkylation sites (tertiary alicyclic amines) is 1. The van der Waals surface area contributed by atoms with E-state index >= 15 is 0 Å². The van der Waals surface area contributed by atoms with Crippen molar-refractivity contribution in [1.29, 1.82) is 0 Å². The van der Waals surface area contributed by atoms with E-state index in [1.165, 1.54) is 109 Å². The number of carbonyl (C=O) groups is 3. The third kappa shape index (κ3) is 32.6. The molecule has 320 valence electrons. The molecule has 1 aliphatic heterocycles. The molecular weight excluding hydrogens is 689 g/mol. The summed E-state index contributed by atoms with van der Waals surface area (Å²) in [6.45, 7) is 7.78.